The first-order valence-corrected chi connectivity index (χ1v) is 10.2. The third-order valence-electron chi connectivity index (χ3n) is 4.09. The molecule has 0 unspecified atom stereocenters. The molecule has 0 saturated heterocycles. The predicted molar refractivity (Wildman–Crippen MR) is 98.7 cm³/mol. The maximum atomic E-state index is 6.06. The lowest BCUT2D eigenvalue weighted by molar-refractivity contribution is -0.383. The summed E-state index contributed by atoms with van der Waals surface area (Å²) in [6.45, 7) is 10.7. The van der Waals surface area contributed by atoms with Crippen molar-refractivity contribution in [2.24, 2.45) is 0 Å². The summed E-state index contributed by atoms with van der Waals surface area (Å²) in [5, 5.41) is 0. The van der Waals surface area contributed by atoms with E-state index in [4.69, 9.17) is 14.2 Å². The summed E-state index contributed by atoms with van der Waals surface area (Å²) in [4.78, 5) is 0. The molecule has 0 aliphatic heterocycles. The van der Waals surface area contributed by atoms with Crippen molar-refractivity contribution in [1.82, 2.24) is 0 Å². The zero-order valence-electron chi connectivity index (χ0n) is 16.3. The van der Waals surface area contributed by atoms with Crippen LogP contribution in [0.3, 0.4) is 0 Å². The Bertz CT molecular complexity index is 221. The predicted octanol–water partition coefficient (Wildman–Crippen LogP) is 6.45. The Morgan fingerprint density at radius 3 is 1.48 bits per heavy atom. The maximum Gasteiger partial charge on any atom is 0.282 e. The fraction of sp³-hybridized carbons (Fsp3) is 1.00. The normalized spacial score (nSPS) is 12.0. The average molecular weight is 331 g/mol. The van der Waals surface area contributed by atoms with Gasteiger partial charge in [0.05, 0.1) is 13.2 Å². The molecule has 0 aliphatic carbocycles. The van der Waals surface area contributed by atoms with Gasteiger partial charge in [-0.2, -0.15) is 0 Å². The van der Waals surface area contributed by atoms with E-state index in [-0.39, 0.29) is 0 Å². The summed E-state index contributed by atoms with van der Waals surface area (Å²) in [7, 11) is 0. The highest BCUT2D eigenvalue weighted by atomic mass is 16.9. The standard InChI is InChI=1S/C20H42O3/c1-5-9-12-13-14-15-16-17-20(21-8-4,22-18-10-6-2)23-19-11-7-3/h5-19H2,1-4H3. The van der Waals surface area contributed by atoms with Crippen LogP contribution in [0.5, 0.6) is 0 Å². The van der Waals surface area contributed by atoms with Crippen LogP contribution in [0.15, 0.2) is 0 Å². The molecule has 0 radical (unpaired) electrons. The molecule has 0 rings (SSSR count). The Hall–Kier alpha value is -0.120. The molecule has 140 valence electrons. The van der Waals surface area contributed by atoms with Crippen molar-refractivity contribution in [3.05, 3.63) is 0 Å². The minimum atomic E-state index is -0.803. The monoisotopic (exact) mass is 330 g/mol. The Balaban J connectivity index is 4.24. The molecular weight excluding hydrogens is 288 g/mol. The van der Waals surface area contributed by atoms with Crippen LogP contribution in [0, 0.1) is 0 Å². The van der Waals surface area contributed by atoms with E-state index in [1.807, 2.05) is 6.92 Å². The SMILES string of the molecule is CCCCCCCCCC(OCC)(OCCCC)OCCCC. The second-order valence-corrected chi connectivity index (χ2v) is 6.39. The smallest absolute Gasteiger partial charge is 0.282 e. The zero-order valence-corrected chi connectivity index (χ0v) is 16.3. The average Bonchev–Trinajstić information content (AvgIpc) is 2.55. The maximum absolute atomic E-state index is 6.06. The number of rotatable bonds is 18. The van der Waals surface area contributed by atoms with Gasteiger partial charge in [-0.1, -0.05) is 72.1 Å². The van der Waals surface area contributed by atoms with Crippen LogP contribution in [0.25, 0.3) is 0 Å². The molecule has 0 saturated carbocycles. The second kappa shape index (κ2) is 16.7. The van der Waals surface area contributed by atoms with E-state index in [1.54, 1.807) is 0 Å². The molecule has 0 fully saturated rings. The summed E-state index contributed by atoms with van der Waals surface area (Å²) >= 11 is 0. The minimum absolute atomic E-state index is 0.634. The van der Waals surface area contributed by atoms with Crippen LogP contribution in [-0.4, -0.2) is 25.8 Å². The van der Waals surface area contributed by atoms with E-state index in [2.05, 4.69) is 20.8 Å². The molecule has 0 aromatic carbocycles. The van der Waals surface area contributed by atoms with Gasteiger partial charge in [-0.25, -0.2) is 0 Å². The molecule has 23 heavy (non-hydrogen) atoms. The van der Waals surface area contributed by atoms with Gasteiger partial charge in [-0.3, -0.25) is 0 Å². The number of unbranched alkanes of at least 4 members (excludes halogenated alkanes) is 8. The number of hydrogen-bond acceptors (Lipinski definition) is 3. The third kappa shape index (κ3) is 12.9. The molecule has 0 bridgehead atoms. The lowest BCUT2D eigenvalue weighted by atomic mass is 10.1. The first kappa shape index (κ1) is 22.9. The van der Waals surface area contributed by atoms with E-state index in [0.29, 0.717) is 6.61 Å². The van der Waals surface area contributed by atoms with Gasteiger partial charge in [-0.15, -0.1) is 0 Å². The van der Waals surface area contributed by atoms with E-state index in [9.17, 15) is 0 Å². The summed E-state index contributed by atoms with van der Waals surface area (Å²) in [5.74, 6) is -0.803. The molecular formula is C20H42O3. The molecule has 0 atom stereocenters. The Labute approximate surface area is 145 Å². The van der Waals surface area contributed by atoms with Crippen molar-refractivity contribution >= 4 is 0 Å². The third-order valence-corrected chi connectivity index (χ3v) is 4.09. The van der Waals surface area contributed by atoms with Gasteiger partial charge >= 0.3 is 0 Å². The Morgan fingerprint density at radius 1 is 0.522 bits per heavy atom. The number of ether oxygens (including phenoxy) is 3. The van der Waals surface area contributed by atoms with Crippen molar-refractivity contribution in [3.63, 3.8) is 0 Å². The van der Waals surface area contributed by atoms with Crippen molar-refractivity contribution in [2.75, 3.05) is 19.8 Å². The summed E-state index contributed by atoms with van der Waals surface area (Å²) in [5.41, 5.74) is 0. The van der Waals surface area contributed by atoms with Crippen molar-refractivity contribution in [3.8, 4) is 0 Å². The minimum Gasteiger partial charge on any atom is -0.328 e. The first-order chi connectivity index (χ1) is 11.2. The van der Waals surface area contributed by atoms with E-state index < -0.39 is 5.97 Å². The molecule has 0 aliphatic rings. The fourth-order valence-electron chi connectivity index (χ4n) is 2.60. The van der Waals surface area contributed by atoms with Crippen molar-refractivity contribution in [2.45, 2.75) is 111 Å². The topological polar surface area (TPSA) is 27.7 Å². The van der Waals surface area contributed by atoms with Crippen LogP contribution in [-0.2, 0) is 14.2 Å². The van der Waals surface area contributed by atoms with Gasteiger partial charge in [0.25, 0.3) is 5.97 Å². The van der Waals surface area contributed by atoms with Gasteiger partial charge in [-0.05, 0) is 26.2 Å². The van der Waals surface area contributed by atoms with Gasteiger partial charge in [0, 0.05) is 13.0 Å². The molecule has 0 spiro atoms. The van der Waals surface area contributed by atoms with Crippen LogP contribution in [0.2, 0.25) is 0 Å². The Morgan fingerprint density at radius 2 is 1.00 bits per heavy atom. The highest BCUT2D eigenvalue weighted by Gasteiger charge is 2.32. The lowest BCUT2D eigenvalue weighted by Gasteiger charge is -2.33. The molecule has 0 amide bonds. The molecule has 0 aromatic heterocycles. The van der Waals surface area contributed by atoms with Crippen molar-refractivity contribution in [1.29, 1.82) is 0 Å². The fourth-order valence-corrected chi connectivity index (χ4v) is 2.60. The Kier molecular flexibility index (Phi) is 16.6. The molecule has 0 aromatic rings. The van der Waals surface area contributed by atoms with Gasteiger partial charge in [0.15, 0.2) is 0 Å². The molecule has 0 N–H and O–H groups in total. The molecule has 3 heteroatoms. The summed E-state index contributed by atoms with van der Waals surface area (Å²) in [6.07, 6.45) is 14.3. The van der Waals surface area contributed by atoms with E-state index in [1.165, 1.54) is 38.5 Å². The van der Waals surface area contributed by atoms with Crippen LogP contribution in [0.1, 0.15) is 105 Å². The van der Waals surface area contributed by atoms with E-state index >= 15 is 0 Å². The van der Waals surface area contributed by atoms with Crippen molar-refractivity contribution < 1.29 is 14.2 Å². The lowest BCUT2D eigenvalue weighted by Crippen LogP contribution is -2.40. The van der Waals surface area contributed by atoms with E-state index in [0.717, 1.165) is 51.7 Å². The van der Waals surface area contributed by atoms with Gasteiger partial charge < -0.3 is 14.2 Å². The molecule has 3 nitrogen and oxygen atoms in total. The highest BCUT2D eigenvalue weighted by Crippen LogP contribution is 2.25. The highest BCUT2D eigenvalue weighted by molar-refractivity contribution is 4.60. The van der Waals surface area contributed by atoms with Crippen LogP contribution in [0.4, 0.5) is 0 Å². The number of hydrogen-bond donors (Lipinski definition) is 0. The first-order valence-electron chi connectivity index (χ1n) is 10.2. The van der Waals surface area contributed by atoms with Crippen LogP contribution >= 0.6 is 0 Å². The quantitative estimate of drug-likeness (QED) is 0.213. The van der Waals surface area contributed by atoms with Gasteiger partial charge in [0.1, 0.15) is 0 Å². The van der Waals surface area contributed by atoms with Gasteiger partial charge in [0.2, 0.25) is 0 Å². The second-order valence-electron chi connectivity index (χ2n) is 6.39. The summed E-state index contributed by atoms with van der Waals surface area (Å²) in [6, 6.07) is 0. The zero-order chi connectivity index (χ0) is 17.2. The summed E-state index contributed by atoms with van der Waals surface area (Å²) < 4.78 is 18.0. The molecule has 0 heterocycles. The van der Waals surface area contributed by atoms with Crippen LogP contribution < -0.4 is 0 Å². The largest absolute Gasteiger partial charge is 0.328 e.